The van der Waals surface area contributed by atoms with Crippen LogP contribution in [0, 0.1) is 5.41 Å². The fourth-order valence-corrected chi connectivity index (χ4v) is 2.69. The normalized spacial score (nSPS) is 19.4. The van der Waals surface area contributed by atoms with Crippen LogP contribution in [0.2, 0.25) is 0 Å². The molecule has 7 heteroatoms. The Balaban J connectivity index is 2.50. The number of rotatable bonds is 4. The zero-order chi connectivity index (χ0) is 10.6. The summed E-state index contributed by atoms with van der Waals surface area (Å²) in [5, 5.41) is 6.51. The third-order valence-corrected chi connectivity index (χ3v) is 3.97. The Hall–Kier alpha value is -0.660. The minimum absolute atomic E-state index is 0.111. The lowest BCUT2D eigenvalue weighted by Crippen LogP contribution is -2.41. The fraction of sp³-hybridized carbons (Fsp3) is 0.857. The highest BCUT2D eigenvalue weighted by Crippen LogP contribution is 2.14. The van der Waals surface area contributed by atoms with Gasteiger partial charge in [0.2, 0.25) is 10.0 Å². The van der Waals surface area contributed by atoms with E-state index in [2.05, 4.69) is 4.72 Å². The summed E-state index contributed by atoms with van der Waals surface area (Å²) in [5.74, 6) is -0.180. The predicted molar refractivity (Wildman–Crippen MR) is 52.7 cm³/mol. The Kier molecular flexibility index (Phi) is 3.85. The molecule has 4 N–H and O–H groups in total. The Bertz CT molecular complexity index is 295. The summed E-state index contributed by atoms with van der Waals surface area (Å²) in [7, 11) is -3.33. The number of hydrogen-bond acceptors (Lipinski definition) is 4. The first-order valence-corrected chi connectivity index (χ1v) is 5.96. The summed E-state index contributed by atoms with van der Waals surface area (Å²) in [6.07, 6.45) is 1.01. The van der Waals surface area contributed by atoms with E-state index in [9.17, 15) is 8.42 Å². The van der Waals surface area contributed by atoms with Crippen molar-refractivity contribution < 1.29 is 13.2 Å². The van der Waals surface area contributed by atoms with Crippen molar-refractivity contribution in [1.82, 2.24) is 4.72 Å². The van der Waals surface area contributed by atoms with Gasteiger partial charge in [-0.2, -0.15) is 0 Å². The third kappa shape index (κ3) is 3.24. The number of amidine groups is 1. The van der Waals surface area contributed by atoms with E-state index in [1.54, 1.807) is 0 Å². The second kappa shape index (κ2) is 4.72. The van der Waals surface area contributed by atoms with Crippen molar-refractivity contribution in [2.75, 3.05) is 19.8 Å². The molecule has 0 aliphatic carbocycles. The Morgan fingerprint density at radius 3 is 2.57 bits per heavy atom. The van der Waals surface area contributed by atoms with Crippen LogP contribution in [0.15, 0.2) is 0 Å². The van der Waals surface area contributed by atoms with Gasteiger partial charge in [0, 0.05) is 13.2 Å². The summed E-state index contributed by atoms with van der Waals surface area (Å²) in [6.45, 7) is 0.844. The van der Waals surface area contributed by atoms with Crippen LogP contribution in [0.1, 0.15) is 12.8 Å². The molecular weight excluding hydrogens is 206 g/mol. The van der Waals surface area contributed by atoms with E-state index >= 15 is 0 Å². The van der Waals surface area contributed by atoms with Gasteiger partial charge in [0.05, 0.1) is 11.8 Å². The van der Waals surface area contributed by atoms with Crippen LogP contribution in [0.25, 0.3) is 0 Å². The maximum absolute atomic E-state index is 11.6. The lowest BCUT2D eigenvalue weighted by molar-refractivity contribution is 0.0982. The van der Waals surface area contributed by atoms with Crippen molar-refractivity contribution in [3.63, 3.8) is 0 Å². The van der Waals surface area contributed by atoms with Crippen molar-refractivity contribution in [2.45, 2.75) is 18.1 Å². The highest BCUT2D eigenvalue weighted by molar-refractivity contribution is 7.90. The van der Waals surface area contributed by atoms with Crippen LogP contribution in [-0.2, 0) is 14.8 Å². The van der Waals surface area contributed by atoms with Crippen molar-refractivity contribution >= 4 is 15.9 Å². The van der Waals surface area contributed by atoms with E-state index in [1.165, 1.54) is 0 Å². The Morgan fingerprint density at radius 2 is 2.07 bits per heavy atom. The van der Waals surface area contributed by atoms with E-state index < -0.39 is 15.3 Å². The first kappa shape index (κ1) is 11.4. The van der Waals surface area contributed by atoms with Gasteiger partial charge in [-0.3, -0.25) is 5.41 Å². The molecule has 1 aliphatic rings. The van der Waals surface area contributed by atoms with Gasteiger partial charge >= 0.3 is 0 Å². The lowest BCUT2D eigenvalue weighted by Gasteiger charge is -2.22. The van der Waals surface area contributed by atoms with E-state index in [-0.39, 0.29) is 12.4 Å². The molecule has 0 aromatic carbocycles. The van der Waals surface area contributed by atoms with Crippen LogP contribution in [0.5, 0.6) is 0 Å². The SMILES string of the molecule is N=C(N)CNS(=O)(=O)C1CCOCC1. The maximum Gasteiger partial charge on any atom is 0.215 e. The molecule has 0 atom stereocenters. The van der Waals surface area contributed by atoms with Gasteiger partial charge in [-0.05, 0) is 12.8 Å². The summed E-state index contributed by atoms with van der Waals surface area (Å²) >= 11 is 0. The molecule has 82 valence electrons. The third-order valence-electron chi connectivity index (χ3n) is 2.07. The molecule has 14 heavy (non-hydrogen) atoms. The molecule has 1 aliphatic heterocycles. The largest absolute Gasteiger partial charge is 0.387 e. The second-order valence-electron chi connectivity index (χ2n) is 3.20. The molecular formula is C7H15N3O3S. The van der Waals surface area contributed by atoms with Gasteiger partial charge in [-0.15, -0.1) is 0 Å². The molecule has 1 fully saturated rings. The topological polar surface area (TPSA) is 105 Å². The Labute approximate surface area is 83.4 Å². The van der Waals surface area contributed by atoms with Crippen LogP contribution >= 0.6 is 0 Å². The number of hydrogen-bond donors (Lipinski definition) is 3. The standard InChI is InChI=1S/C7H15N3O3S/c8-7(9)5-10-14(11,12)6-1-3-13-4-2-6/h6,10H,1-5H2,(H3,8,9). The molecule has 0 spiro atoms. The first-order chi connectivity index (χ1) is 6.52. The van der Waals surface area contributed by atoms with E-state index in [0.29, 0.717) is 26.1 Å². The van der Waals surface area contributed by atoms with Crippen molar-refractivity contribution in [3.8, 4) is 0 Å². The average Bonchev–Trinajstić information content (AvgIpc) is 2.16. The Morgan fingerprint density at radius 1 is 1.50 bits per heavy atom. The molecule has 0 aromatic rings. The van der Waals surface area contributed by atoms with Crippen LogP contribution in [0.4, 0.5) is 0 Å². The molecule has 0 amide bonds. The smallest absolute Gasteiger partial charge is 0.215 e. The zero-order valence-electron chi connectivity index (χ0n) is 7.82. The van der Waals surface area contributed by atoms with E-state index in [0.717, 1.165) is 0 Å². The van der Waals surface area contributed by atoms with Crippen molar-refractivity contribution in [1.29, 1.82) is 5.41 Å². The number of nitrogens with one attached hydrogen (secondary N) is 2. The molecule has 0 saturated carbocycles. The first-order valence-electron chi connectivity index (χ1n) is 4.41. The maximum atomic E-state index is 11.6. The van der Waals surface area contributed by atoms with Crippen molar-refractivity contribution in [3.05, 3.63) is 0 Å². The molecule has 0 bridgehead atoms. The van der Waals surface area contributed by atoms with E-state index in [4.69, 9.17) is 15.9 Å². The van der Waals surface area contributed by atoms with Gasteiger partial charge in [0.1, 0.15) is 5.84 Å². The lowest BCUT2D eigenvalue weighted by atomic mass is 10.2. The molecule has 1 heterocycles. The van der Waals surface area contributed by atoms with Crippen molar-refractivity contribution in [2.24, 2.45) is 5.73 Å². The van der Waals surface area contributed by atoms with Gasteiger partial charge in [-0.25, -0.2) is 13.1 Å². The molecule has 0 unspecified atom stereocenters. The molecule has 1 rings (SSSR count). The van der Waals surface area contributed by atoms with Crippen LogP contribution < -0.4 is 10.5 Å². The molecule has 0 aromatic heterocycles. The minimum atomic E-state index is -3.33. The summed E-state index contributed by atoms with van der Waals surface area (Å²) in [5.41, 5.74) is 5.06. The second-order valence-corrected chi connectivity index (χ2v) is 5.25. The molecule has 6 nitrogen and oxygen atoms in total. The molecule has 1 saturated heterocycles. The van der Waals surface area contributed by atoms with Gasteiger partial charge in [0.25, 0.3) is 0 Å². The summed E-state index contributed by atoms with van der Waals surface area (Å²) < 4.78 is 30.5. The van der Waals surface area contributed by atoms with Crippen LogP contribution in [-0.4, -0.2) is 39.3 Å². The average molecular weight is 221 g/mol. The highest BCUT2D eigenvalue weighted by atomic mass is 32.2. The van der Waals surface area contributed by atoms with Gasteiger partial charge < -0.3 is 10.5 Å². The zero-order valence-corrected chi connectivity index (χ0v) is 8.64. The molecule has 0 radical (unpaired) electrons. The minimum Gasteiger partial charge on any atom is -0.387 e. The van der Waals surface area contributed by atoms with Gasteiger partial charge in [-0.1, -0.05) is 0 Å². The fourth-order valence-electron chi connectivity index (χ4n) is 1.28. The quantitative estimate of drug-likeness (QED) is 0.419. The number of nitrogens with two attached hydrogens (primary N) is 1. The monoisotopic (exact) mass is 221 g/mol. The van der Waals surface area contributed by atoms with Crippen LogP contribution in [0.3, 0.4) is 0 Å². The van der Waals surface area contributed by atoms with E-state index in [1.807, 2.05) is 0 Å². The summed E-state index contributed by atoms with van der Waals surface area (Å²) in [4.78, 5) is 0. The summed E-state index contributed by atoms with van der Waals surface area (Å²) in [6, 6.07) is 0. The van der Waals surface area contributed by atoms with Gasteiger partial charge in [0.15, 0.2) is 0 Å². The number of ether oxygens (including phenoxy) is 1. The predicted octanol–water partition coefficient (Wildman–Crippen LogP) is -0.979. The number of sulfonamides is 1. The highest BCUT2D eigenvalue weighted by Gasteiger charge is 2.27.